The third kappa shape index (κ3) is 4.23. The summed E-state index contributed by atoms with van der Waals surface area (Å²) in [4.78, 5) is 16.0. The molecule has 2 aromatic rings. The van der Waals surface area contributed by atoms with E-state index in [0.29, 0.717) is 0 Å². The third-order valence-electron chi connectivity index (χ3n) is 3.13. The maximum absolute atomic E-state index is 11.8. The first-order valence-electron chi connectivity index (χ1n) is 6.76. The van der Waals surface area contributed by atoms with E-state index < -0.39 is 0 Å². The normalized spacial score (nSPS) is 11.0. The number of nitrogens with one attached hydrogen (secondary N) is 1. The number of aryl methyl sites for hydroxylation is 4. The topological polar surface area (TPSA) is 54.4 Å². The lowest BCUT2D eigenvalue weighted by atomic mass is 10.0. The second-order valence-electron chi connectivity index (χ2n) is 5.14. The summed E-state index contributed by atoms with van der Waals surface area (Å²) in [6.45, 7) is 8.08. The number of aromatic nitrogens is 1. The smallest absolute Gasteiger partial charge is 0.246 e. The molecule has 0 bridgehead atoms. The Bertz CT molecular complexity index is 666. The average molecular weight is 301 g/mol. The van der Waals surface area contributed by atoms with Gasteiger partial charge in [0.2, 0.25) is 5.91 Å². The Hall–Kier alpha value is -2.01. The highest BCUT2D eigenvalue weighted by atomic mass is 32.1. The Morgan fingerprint density at radius 1 is 1.29 bits per heavy atom. The van der Waals surface area contributed by atoms with Crippen LogP contribution in [0.1, 0.15) is 33.0 Å². The zero-order valence-electron chi connectivity index (χ0n) is 12.7. The van der Waals surface area contributed by atoms with Crippen LogP contribution >= 0.6 is 11.3 Å². The third-order valence-corrected chi connectivity index (χ3v) is 3.95. The van der Waals surface area contributed by atoms with E-state index in [-0.39, 0.29) is 12.3 Å². The van der Waals surface area contributed by atoms with Gasteiger partial charge in [0.05, 0.1) is 23.3 Å². The molecule has 0 atom stereocenters. The molecule has 1 aromatic carbocycles. The quantitative estimate of drug-likeness (QED) is 0.697. The number of hydrogen-bond acceptors (Lipinski definition) is 4. The van der Waals surface area contributed by atoms with Gasteiger partial charge < -0.3 is 0 Å². The predicted molar refractivity (Wildman–Crippen MR) is 86.9 cm³/mol. The molecule has 0 aliphatic heterocycles. The van der Waals surface area contributed by atoms with Gasteiger partial charge in [-0.3, -0.25) is 4.79 Å². The van der Waals surface area contributed by atoms with Gasteiger partial charge in [-0.1, -0.05) is 17.7 Å². The first-order chi connectivity index (χ1) is 9.95. The van der Waals surface area contributed by atoms with E-state index in [0.717, 1.165) is 27.4 Å². The Morgan fingerprint density at radius 2 is 1.95 bits per heavy atom. The number of benzene rings is 1. The molecule has 4 nitrogen and oxygen atoms in total. The van der Waals surface area contributed by atoms with Crippen molar-refractivity contribution in [2.75, 3.05) is 0 Å². The zero-order chi connectivity index (χ0) is 15.4. The molecule has 110 valence electrons. The molecule has 1 aromatic heterocycles. The lowest BCUT2D eigenvalue weighted by Gasteiger charge is -2.06. The van der Waals surface area contributed by atoms with Crippen LogP contribution in [-0.4, -0.2) is 17.1 Å². The summed E-state index contributed by atoms with van der Waals surface area (Å²) in [5.74, 6) is -0.154. The highest BCUT2D eigenvalue weighted by Crippen LogP contribution is 2.14. The molecule has 0 radical (unpaired) electrons. The van der Waals surface area contributed by atoms with Crippen molar-refractivity contribution in [2.45, 2.75) is 34.1 Å². The lowest BCUT2D eigenvalue weighted by Crippen LogP contribution is -2.20. The summed E-state index contributed by atoms with van der Waals surface area (Å²) >= 11 is 1.54. The minimum atomic E-state index is -0.154. The van der Waals surface area contributed by atoms with Crippen LogP contribution in [0, 0.1) is 27.7 Å². The molecule has 0 unspecified atom stereocenters. The second-order valence-corrected chi connectivity index (χ2v) is 6.20. The van der Waals surface area contributed by atoms with Crippen LogP contribution in [0.25, 0.3) is 0 Å². The van der Waals surface area contributed by atoms with E-state index in [1.807, 2.05) is 26.2 Å². The van der Waals surface area contributed by atoms with E-state index >= 15 is 0 Å². The average Bonchev–Trinajstić information content (AvgIpc) is 2.78. The van der Waals surface area contributed by atoms with E-state index in [9.17, 15) is 4.79 Å². The lowest BCUT2D eigenvalue weighted by molar-refractivity contribution is -0.120. The van der Waals surface area contributed by atoms with Crippen LogP contribution in [-0.2, 0) is 11.2 Å². The summed E-state index contributed by atoms with van der Waals surface area (Å²) in [6, 6.07) is 4.21. The fourth-order valence-electron chi connectivity index (χ4n) is 2.26. The van der Waals surface area contributed by atoms with Gasteiger partial charge in [0.1, 0.15) is 0 Å². The summed E-state index contributed by atoms with van der Waals surface area (Å²) in [6.07, 6.45) is 1.96. The van der Waals surface area contributed by atoms with Crippen molar-refractivity contribution in [3.05, 3.63) is 50.5 Å². The van der Waals surface area contributed by atoms with Crippen LogP contribution in [0.15, 0.2) is 22.6 Å². The molecule has 1 amide bonds. The largest absolute Gasteiger partial charge is 0.273 e. The molecule has 0 spiro atoms. The molecule has 0 fully saturated rings. The molecule has 0 saturated carbocycles. The van der Waals surface area contributed by atoms with E-state index in [2.05, 4.69) is 34.6 Å². The van der Waals surface area contributed by atoms with Crippen LogP contribution in [0.5, 0.6) is 0 Å². The highest BCUT2D eigenvalue weighted by Gasteiger charge is 2.05. The Morgan fingerprint density at radius 3 is 2.52 bits per heavy atom. The van der Waals surface area contributed by atoms with Gasteiger partial charge in [-0.25, -0.2) is 10.4 Å². The van der Waals surface area contributed by atoms with Crippen molar-refractivity contribution in [2.24, 2.45) is 5.10 Å². The van der Waals surface area contributed by atoms with Gasteiger partial charge in [0.15, 0.2) is 0 Å². The van der Waals surface area contributed by atoms with Gasteiger partial charge in [0.25, 0.3) is 0 Å². The number of hydrogen-bond donors (Lipinski definition) is 1. The van der Waals surface area contributed by atoms with Crippen LogP contribution in [0.2, 0.25) is 0 Å². The monoisotopic (exact) mass is 301 g/mol. The van der Waals surface area contributed by atoms with E-state index in [1.54, 1.807) is 17.6 Å². The fourth-order valence-corrected chi connectivity index (χ4v) is 2.87. The van der Waals surface area contributed by atoms with E-state index in [4.69, 9.17) is 0 Å². The number of rotatable bonds is 4. The minimum absolute atomic E-state index is 0.154. The van der Waals surface area contributed by atoms with Gasteiger partial charge in [-0.05, 0) is 38.8 Å². The molecule has 21 heavy (non-hydrogen) atoms. The number of carbonyl (C=O) groups is 1. The van der Waals surface area contributed by atoms with Gasteiger partial charge >= 0.3 is 0 Å². The van der Waals surface area contributed by atoms with Gasteiger partial charge in [-0.2, -0.15) is 5.10 Å². The molecule has 5 heteroatoms. The summed E-state index contributed by atoms with van der Waals surface area (Å²) in [5, 5.41) is 6.91. The summed E-state index contributed by atoms with van der Waals surface area (Å²) < 4.78 is 0. The Kier molecular flexibility index (Phi) is 4.85. The standard InChI is InChI=1S/C16H19N3OS/c1-10-5-11(2)15(12(3)6-10)8-17-19-16(20)7-14-9-21-13(4)18-14/h5-6,8-9H,7H2,1-4H3,(H,19,20)/b17-8-. The second kappa shape index (κ2) is 6.63. The molecule has 1 N–H and O–H groups in total. The molecular formula is C16H19N3OS. The van der Waals surface area contributed by atoms with Crippen molar-refractivity contribution in [1.29, 1.82) is 0 Å². The first kappa shape index (κ1) is 15.4. The molecule has 0 aliphatic carbocycles. The number of nitrogens with zero attached hydrogens (tertiary/aromatic N) is 2. The molecular weight excluding hydrogens is 282 g/mol. The van der Waals surface area contributed by atoms with Crippen molar-refractivity contribution in [1.82, 2.24) is 10.4 Å². The SMILES string of the molecule is Cc1cc(C)c(/C=N\NC(=O)Cc2csc(C)n2)c(C)c1. The predicted octanol–water partition coefficient (Wildman–Crippen LogP) is 3.07. The Balaban J connectivity index is 1.98. The Labute approximate surface area is 128 Å². The van der Waals surface area contributed by atoms with Crippen LogP contribution < -0.4 is 5.43 Å². The van der Waals surface area contributed by atoms with E-state index in [1.165, 1.54) is 5.56 Å². The fraction of sp³-hybridized carbons (Fsp3) is 0.312. The molecule has 0 saturated heterocycles. The molecule has 2 rings (SSSR count). The number of amides is 1. The first-order valence-corrected chi connectivity index (χ1v) is 7.64. The van der Waals surface area contributed by atoms with Crippen molar-refractivity contribution in [3.63, 3.8) is 0 Å². The van der Waals surface area contributed by atoms with Crippen molar-refractivity contribution >= 4 is 23.5 Å². The van der Waals surface area contributed by atoms with Crippen LogP contribution in [0.3, 0.4) is 0 Å². The highest BCUT2D eigenvalue weighted by molar-refractivity contribution is 7.09. The van der Waals surface area contributed by atoms with Gasteiger partial charge in [0, 0.05) is 10.9 Å². The number of carbonyl (C=O) groups excluding carboxylic acids is 1. The minimum Gasteiger partial charge on any atom is -0.273 e. The maximum Gasteiger partial charge on any atom is 0.246 e. The number of thiazole rings is 1. The summed E-state index contributed by atoms with van der Waals surface area (Å²) in [7, 11) is 0. The van der Waals surface area contributed by atoms with Crippen molar-refractivity contribution < 1.29 is 4.79 Å². The van der Waals surface area contributed by atoms with Gasteiger partial charge in [-0.15, -0.1) is 11.3 Å². The molecule has 1 heterocycles. The zero-order valence-corrected chi connectivity index (χ0v) is 13.5. The van der Waals surface area contributed by atoms with Crippen molar-refractivity contribution in [3.8, 4) is 0 Å². The molecule has 0 aliphatic rings. The van der Waals surface area contributed by atoms with Crippen LogP contribution in [0.4, 0.5) is 0 Å². The number of hydrazone groups is 1. The maximum atomic E-state index is 11.8. The summed E-state index contributed by atoms with van der Waals surface area (Å²) in [5.41, 5.74) is 7.92.